The SMILES string of the molecule is CC(C)C[C@H](NC(=O)[C@@H](NC(=O)[C@@H](NC(=O)[C@H](CC(C)C)NC(=O)[C@H](CC(C)C)NC(=O)OC(C)(C)C)[C@H](OC(=O)[C@H](COC(C)(C)C)NC(=O)[C@@H](NC(=O)OCC1c2ccccc2-c2ccccc21)[C@H](O)C(=O)NC(c1ccccc1)(c1ccccc1)c1ccccc1)c1ccccc1)[C@H](O[Si](C)(C)C(C)(C)C)C(C)C)C(=O)O. The highest BCUT2D eigenvalue weighted by molar-refractivity contribution is 6.74. The fourth-order valence-electron chi connectivity index (χ4n) is 13.4. The summed E-state index contributed by atoms with van der Waals surface area (Å²) in [5.74, 6) is -11.1. The smallest absolute Gasteiger partial charge is 0.408 e. The highest BCUT2D eigenvalue weighted by atomic mass is 28.4. The quantitative estimate of drug-likeness (QED) is 0.00749. The summed E-state index contributed by atoms with van der Waals surface area (Å²) in [6.45, 7) is 33.0. The van der Waals surface area contributed by atoms with Crippen LogP contribution in [0.1, 0.15) is 182 Å². The zero-order chi connectivity index (χ0) is 85.1. The molecule has 0 bridgehead atoms. The monoisotopic (exact) mass is 1600 g/mol. The molecule has 0 heterocycles. The predicted octanol–water partition coefficient (Wildman–Crippen LogP) is 12.0. The number of hydrogen-bond acceptors (Lipinski definition) is 16. The fraction of sp³-hybridized carbons (Fsp3) is 0.483. The van der Waals surface area contributed by atoms with Gasteiger partial charge in [-0.25, -0.2) is 19.2 Å². The van der Waals surface area contributed by atoms with Crippen LogP contribution in [0.15, 0.2) is 170 Å². The normalized spacial score (nSPS) is 15.2. The van der Waals surface area contributed by atoms with Gasteiger partial charge in [0.2, 0.25) is 29.5 Å². The second kappa shape index (κ2) is 40.3. The molecule has 622 valence electrons. The molecule has 0 saturated carbocycles. The molecule has 10 N–H and O–H groups in total. The van der Waals surface area contributed by atoms with Crippen molar-refractivity contribution in [1.29, 1.82) is 0 Å². The summed E-state index contributed by atoms with van der Waals surface area (Å²) >= 11 is 0. The van der Waals surface area contributed by atoms with E-state index in [1.54, 1.807) is 192 Å². The van der Waals surface area contributed by atoms with Gasteiger partial charge in [-0.15, -0.1) is 0 Å². The molecule has 0 aliphatic heterocycles. The largest absolute Gasteiger partial charge is 0.480 e. The number of esters is 1. The Kier molecular flexibility index (Phi) is 32.2. The minimum absolute atomic E-state index is 0.0251. The van der Waals surface area contributed by atoms with Gasteiger partial charge in [0.1, 0.15) is 54.0 Å². The lowest BCUT2D eigenvalue weighted by atomic mass is 9.76. The van der Waals surface area contributed by atoms with Crippen LogP contribution in [-0.2, 0) is 67.3 Å². The van der Waals surface area contributed by atoms with Crippen molar-refractivity contribution in [2.75, 3.05) is 13.2 Å². The Morgan fingerprint density at radius 2 is 0.852 bits per heavy atom. The number of aliphatic hydroxyl groups excluding tert-OH is 1. The third kappa shape index (κ3) is 25.6. The van der Waals surface area contributed by atoms with Gasteiger partial charge in [0.25, 0.3) is 5.91 Å². The number of carbonyl (C=O) groups excluding carboxylic acids is 9. The first-order chi connectivity index (χ1) is 53.9. The molecule has 0 fully saturated rings. The van der Waals surface area contributed by atoms with E-state index in [0.717, 1.165) is 22.3 Å². The van der Waals surface area contributed by atoms with Crippen LogP contribution in [-0.4, -0.2) is 157 Å². The van der Waals surface area contributed by atoms with Gasteiger partial charge in [0.05, 0.1) is 18.3 Å². The number of alkyl carbamates (subject to hydrolysis) is 2. The highest BCUT2D eigenvalue weighted by Crippen LogP contribution is 2.45. The van der Waals surface area contributed by atoms with Gasteiger partial charge in [-0.2, -0.15) is 0 Å². The number of carboxylic acids is 1. The number of amides is 8. The van der Waals surface area contributed by atoms with Crippen LogP contribution in [0.3, 0.4) is 0 Å². The van der Waals surface area contributed by atoms with Crippen LogP contribution in [0.5, 0.6) is 0 Å². The molecular weight excluding hydrogens is 1480 g/mol. The molecule has 0 unspecified atom stereocenters. The minimum atomic E-state index is -2.96. The van der Waals surface area contributed by atoms with Crippen molar-refractivity contribution in [3.05, 3.63) is 203 Å². The maximum Gasteiger partial charge on any atom is 0.408 e. The van der Waals surface area contributed by atoms with E-state index in [4.69, 9.17) is 23.4 Å². The van der Waals surface area contributed by atoms with E-state index in [9.17, 15) is 29.4 Å². The number of carboxylic acid groups (broad SMARTS) is 1. The van der Waals surface area contributed by atoms with E-state index in [1.807, 2.05) is 96.2 Å². The van der Waals surface area contributed by atoms with Crippen molar-refractivity contribution in [3.63, 3.8) is 0 Å². The molecule has 26 heteroatoms. The second-order valence-corrected chi connectivity index (χ2v) is 39.3. The maximum absolute atomic E-state index is 16.4. The Balaban J connectivity index is 1.39. The van der Waals surface area contributed by atoms with Crippen LogP contribution in [0.25, 0.3) is 11.1 Å². The first-order valence-corrected chi connectivity index (χ1v) is 42.4. The lowest BCUT2D eigenvalue weighted by Crippen LogP contribution is -2.64. The number of rotatable bonds is 37. The van der Waals surface area contributed by atoms with Crippen molar-refractivity contribution in [3.8, 4) is 11.1 Å². The Bertz CT molecular complexity index is 4140. The molecule has 25 nitrogen and oxygen atoms in total. The summed E-state index contributed by atoms with van der Waals surface area (Å²) in [7, 11) is -2.96. The molecule has 1 aliphatic carbocycles. The van der Waals surface area contributed by atoms with E-state index in [0.29, 0.717) is 16.7 Å². The number of aliphatic carboxylic acids is 1. The second-order valence-electron chi connectivity index (χ2n) is 34.6. The zero-order valence-corrected chi connectivity index (χ0v) is 70.9. The van der Waals surface area contributed by atoms with Crippen LogP contribution in [0.2, 0.25) is 18.1 Å². The van der Waals surface area contributed by atoms with E-state index < -0.39 is 169 Å². The molecule has 6 aromatic rings. The highest BCUT2D eigenvalue weighted by Gasteiger charge is 2.49. The van der Waals surface area contributed by atoms with E-state index >= 15 is 28.8 Å². The van der Waals surface area contributed by atoms with Gasteiger partial charge in [-0.05, 0) is 147 Å². The molecule has 10 atom stereocenters. The van der Waals surface area contributed by atoms with E-state index in [-0.39, 0.29) is 49.2 Å². The van der Waals surface area contributed by atoms with Crippen LogP contribution in [0.4, 0.5) is 9.59 Å². The number of carbonyl (C=O) groups is 10. The average molecular weight is 1600 g/mol. The van der Waals surface area contributed by atoms with Gasteiger partial charge in [0.15, 0.2) is 26.6 Å². The van der Waals surface area contributed by atoms with Crippen molar-refractivity contribution >= 4 is 67.9 Å². The Labute approximate surface area is 678 Å². The number of benzene rings is 6. The minimum Gasteiger partial charge on any atom is -0.480 e. The summed E-state index contributed by atoms with van der Waals surface area (Å²) in [6, 6.07) is 37.2. The van der Waals surface area contributed by atoms with Crippen LogP contribution in [0, 0.1) is 23.7 Å². The van der Waals surface area contributed by atoms with Crippen molar-refractivity contribution in [1.82, 2.24) is 42.5 Å². The van der Waals surface area contributed by atoms with Crippen molar-refractivity contribution in [2.45, 2.75) is 238 Å². The topological polar surface area (TPSA) is 354 Å². The maximum atomic E-state index is 16.4. The lowest BCUT2D eigenvalue weighted by molar-refractivity contribution is -0.161. The third-order valence-electron chi connectivity index (χ3n) is 20.1. The molecule has 0 saturated heterocycles. The molecule has 0 aromatic heterocycles. The van der Waals surface area contributed by atoms with Gasteiger partial charge < -0.3 is 76.1 Å². The molecular formula is C89H120N8O17Si. The third-order valence-corrected chi connectivity index (χ3v) is 24.6. The number of fused-ring (bicyclic) bond motifs is 3. The number of nitrogens with one attached hydrogen (secondary N) is 8. The molecule has 0 radical (unpaired) electrons. The van der Waals surface area contributed by atoms with Crippen LogP contribution >= 0.6 is 0 Å². The molecule has 7 rings (SSSR count). The first kappa shape index (κ1) is 91.9. The molecule has 6 aromatic carbocycles. The molecule has 115 heavy (non-hydrogen) atoms. The Hall–Kier alpha value is -10.3. The van der Waals surface area contributed by atoms with Crippen molar-refractivity contribution in [2.24, 2.45) is 23.7 Å². The van der Waals surface area contributed by atoms with Crippen LogP contribution < -0.4 is 42.5 Å². The molecule has 0 spiro atoms. The summed E-state index contributed by atoms with van der Waals surface area (Å²) in [5.41, 5.74) is 1.53. The number of hydrogen-bond donors (Lipinski definition) is 10. The average Bonchev–Trinajstić information content (AvgIpc) is 1.06. The first-order valence-electron chi connectivity index (χ1n) is 39.5. The Morgan fingerprint density at radius 1 is 0.443 bits per heavy atom. The number of aliphatic hydroxyl groups is 1. The van der Waals surface area contributed by atoms with E-state index in [2.05, 4.69) is 42.5 Å². The Morgan fingerprint density at radius 3 is 1.30 bits per heavy atom. The van der Waals surface area contributed by atoms with Gasteiger partial charge in [-0.3, -0.25) is 28.8 Å². The zero-order valence-electron chi connectivity index (χ0n) is 69.9. The van der Waals surface area contributed by atoms with Gasteiger partial charge >= 0.3 is 24.1 Å². The fourth-order valence-corrected chi connectivity index (χ4v) is 14.9. The van der Waals surface area contributed by atoms with Gasteiger partial charge in [-0.1, -0.05) is 246 Å². The van der Waals surface area contributed by atoms with Gasteiger partial charge in [0, 0.05) is 5.92 Å². The van der Waals surface area contributed by atoms with E-state index in [1.165, 1.54) is 12.1 Å². The summed E-state index contributed by atoms with van der Waals surface area (Å²) in [5, 5.41) is 44.8. The van der Waals surface area contributed by atoms with Crippen molar-refractivity contribution < 1.29 is 81.5 Å². The summed E-state index contributed by atoms with van der Waals surface area (Å²) < 4.78 is 31.4. The molecule has 8 amide bonds. The lowest BCUT2D eigenvalue weighted by Gasteiger charge is -2.43. The predicted molar refractivity (Wildman–Crippen MR) is 442 cm³/mol. The summed E-state index contributed by atoms with van der Waals surface area (Å²) in [6.07, 6.45) is -7.90. The number of ether oxygens (including phenoxy) is 4. The summed E-state index contributed by atoms with van der Waals surface area (Å²) in [4.78, 5) is 151. The standard InChI is InChI=1S/C89H120N8O17Si/c1-53(2)48-66(90-76(99)67(49-54(3)4)93-85(109)113-87(12,13)14)77(100)94-72(80(103)95-71(79(102)91-68(82(105)106)50-55(5)6)74(56(7)8)114-115(18,19)88(15,16)17)75(57-36-24-20-25-37-57)112-83(107)69(52-111-86(9,10)11)92-78(101)70(96-84(108)110-51-65-63-46-34-32-44-61(63)62-45-33-35-47-64(62)65)73(98)81(104)97-89(58-38-26-21-27-39-58,59-40-28-22-29-41-59)60-42-30-23-31-43-60/h20-47,53-56,65-75,98H,48-52H2,1-19H3,(H,90,99)(H,91,102)(H,92,101)(H,93,109)(H,94,100)(H,95,103)(H,96,108)(H,97,104)(H,105,106)/t66-,67-,68-,69-,70-,71-,72-,73-,74+,75+/m0/s1. The molecule has 1 aliphatic rings.